The van der Waals surface area contributed by atoms with Gasteiger partial charge in [0.15, 0.2) is 5.76 Å². The molecular formula is C21H27Cl2N3O2. The van der Waals surface area contributed by atoms with Gasteiger partial charge in [0, 0.05) is 50.0 Å². The van der Waals surface area contributed by atoms with Gasteiger partial charge in [0.25, 0.3) is 5.91 Å². The van der Waals surface area contributed by atoms with E-state index in [2.05, 4.69) is 41.4 Å². The molecule has 152 valence electrons. The maximum atomic E-state index is 13.1. The van der Waals surface area contributed by atoms with E-state index in [9.17, 15) is 4.79 Å². The van der Waals surface area contributed by atoms with E-state index < -0.39 is 0 Å². The number of para-hydroxylation sites is 1. The maximum Gasteiger partial charge on any atom is 0.289 e. The third kappa shape index (κ3) is 3.51. The van der Waals surface area contributed by atoms with E-state index >= 15 is 0 Å². The molecule has 0 spiro atoms. The van der Waals surface area contributed by atoms with Crippen LogP contribution in [0.25, 0.3) is 0 Å². The highest BCUT2D eigenvalue weighted by Gasteiger charge is 2.39. The Labute approximate surface area is 178 Å². The summed E-state index contributed by atoms with van der Waals surface area (Å²) in [6, 6.07) is 10.9. The minimum atomic E-state index is 0. The Kier molecular flexibility index (Phi) is 6.28. The van der Waals surface area contributed by atoms with Gasteiger partial charge in [0.1, 0.15) is 0 Å². The summed E-state index contributed by atoms with van der Waals surface area (Å²) >= 11 is 0. The Bertz CT molecular complexity index is 829. The molecule has 7 heteroatoms. The Morgan fingerprint density at radius 1 is 1.14 bits per heavy atom. The number of anilines is 1. The molecule has 5 nitrogen and oxygen atoms in total. The molecule has 2 saturated heterocycles. The zero-order chi connectivity index (χ0) is 17.7. The van der Waals surface area contributed by atoms with Crippen LogP contribution < -0.4 is 10.2 Å². The van der Waals surface area contributed by atoms with E-state index in [0.717, 1.165) is 44.7 Å². The van der Waals surface area contributed by atoms with Crippen LogP contribution in [0.4, 0.5) is 5.69 Å². The van der Waals surface area contributed by atoms with Crippen LogP contribution in [0.15, 0.2) is 41.0 Å². The van der Waals surface area contributed by atoms with Crippen LogP contribution >= 0.6 is 24.8 Å². The number of likely N-dealkylation sites (tertiary alicyclic amines) is 1. The molecule has 2 aromatic rings. The van der Waals surface area contributed by atoms with Gasteiger partial charge in [-0.25, -0.2) is 0 Å². The first kappa shape index (κ1) is 21.0. The highest BCUT2D eigenvalue weighted by Crippen LogP contribution is 2.34. The number of halogens is 2. The summed E-state index contributed by atoms with van der Waals surface area (Å²) in [4.78, 5) is 17.4. The second kappa shape index (κ2) is 8.36. The molecule has 1 amide bonds. The normalized spacial score (nSPS) is 25.1. The van der Waals surface area contributed by atoms with Crippen molar-refractivity contribution in [1.29, 1.82) is 0 Å². The number of hydrogen-bond acceptors (Lipinski definition) is 4. The quantitative estimate of drug-likeness (QED) is 0.821. The summed E-state index contributed by atoms with van der Waals surface area (Å²) in [5.74, 6) is 1.78. The maximum absolute atomic E-state index is 13.1. The van der Waals surface area contributed by atoms with Gasteiger partial charge >= 0.3 is 0 Å². The smallest absolute Gasteiger partial charge is 0.289 e. The summed E-state index contributed by atoms with van der Waals surface area (Å²) in [6.45, 7) is 6.72. The molecule has 1 aromatic heterocycles. The minimum Gasteiger partial charge on any atom is -0.459 e. The SMILES string of the molecule is CC1Cc2ccccc2N1Cc1ccoc1C(=O)N1C[C@H]2CNC[C@H]2C1.Cl.Cl. The first-order valence-corrected chi connectivity index (χ1v) is 9.61. The minimum absolute atomic E-state index is 0. The van der Waals surface area contributed by atoms with Crippen molar-refractivity contribution in [2.75, 3.05) is 31.1 Å². The molecule has 0 aliphatic carbocycles. The molecule has 5 rings (SSSR count). The predicted octanol–water partition coefficient (Wildman–Crippen LogP) is 3.37. The van der Waals surface area contributed by atoms with Crippen LogP contribution in [0.3, 0.4) is 0 Å². The molecule has 3 atom stereocenters. The zero-order valence-corrected chi connectivity index (χ0v) is 17.6. The van der Waals surface area contributed by atoms with Gasteiger partial charge in [-0.3, -0.25) is 4.79 Å². The Morgan fingerprint density at radius 3 is 2.61 bits per heavy atom. The van der Waals surface area contributed by atoms with Gasteiger partial charge in [0.05, 0.1) is 6.26 Å². The van der Waals surface area contributed by atoms with Gasteiger partial charge in [-0.05, 0) is 42.9 Å². The number of furan rings is 1. The van der Waals surface area contributed by atoms with E-state index in [1.807, 2.05) is 11.0 Å². The van der Waals surface area contributed by atoms with Crippen molar-refractivity contribution in [3.63, 3.8) is 0 Å². The predicted molar refractivity (Wildman–Crippen MR) is 115 cm³/mol. The van der Waals surface area contributed by atoms with E-state index in [-0.39, 0.29) is 30.7 Å². The molecule has 2 fully saturated rings. The third-order valence-electron chi connectivity index (χ3n) is 6.31. The molecule has 28 heavy (non-hydrogen) atoms. The largest absolute Gasteiger partial charge is 0.459 e. The van der Waals surface area contributed by atoms with Crippen LogP contribution in [-0.4, -0.2) is 43.0 Å². The lowest BCUT2D eigenvalue weighted by Gasteiger charge is -2.25. The van der Waals surface area contributed by atoms with Crippen LogP contribution in [0.5, 0.6) is 0 Å². The van der Waals surface area contributed by atoms with Gasteiger partial charge in [-0.1, -0.05) is 18.2 Å². The van der Waals surface area contributed by atoms with Crippen molar-refractivity contribution in [1.82, 2.24) is 10.2 Å². The molecule has 0 radical (unpaired) electrons. The van der Waals surface area contributed by atoms with Gasteiger partial charge in [-0.2, -0.15) is 0 Å². The molecule has 3 aliphatic heterocycles. The molecule has 1 aromatic carbocycles. The highest BCUT2D eigenvalue weighted by atomic mass is 35.5. The van der Waals surface area contributed by atoms with E-state index in [0.29, 0.717) is 23.6 Å². The average molecular weight is 424 g/mol. The average Bonchev–Trinajstić information content (AvgIpc) is 3.38. The number of fused-ring (bicyclic) bond motifs is 2. The molecule has 1 unspecified atom stereocenters. The first-order chi connectivity index (χ1) is 12.7. The van der Waals surface area contributed by atoms with Crippen LogP contribution in [0.2, 0.25) is 0 Å². The molecule has 0 saturated carbocycles. The van der Waals surface area contributed by atoms with Gasteiger partial charge in [0.2, 0.25) is 0 Å². The summed E-state index contributed by atoms with van der Waals surface area (Å²) in [5, 5.41) is 3.42. The third-order valence-corrected chi connectivity index (χ3v) is 6.31. The van der Waals surface area contributed by atoms with Crippen molar-refractivity contribution in [3.8, 4) is 0 Å². The van der Waals surface area contributed by atoms with Crippen LogP contribution in [-0.2, 0) is 13.0 Å². The number of nitrogens with one attached hydrogen (secondary N) is 1. The zero-order valence-electron chi connectivity index (χ0n) is 16.0. The summed E-state index contributed by atoms with van der Waals surface area (Å²) in [6.07, 6.45) is 2.72. The second-order valence-electron chi connectivity index (χ2n) is 7.97. The standard InChI is InChI=1S/C21H25N3O2.2ClH/c1-14-8-15-4-2-3-5-19(15)24(14)13-16-6-7-26-20(16)21(25)23-11-17-9-22-10-18(17)12-23;;/h2-7,14,17-18,22H,8-13H2,1H3;2*1H/t14?,17-,18+;;. The monoisotopic (exact) mass is 423 g/mol. The van der Waals surface area contributed by atoms with Crippen LogP contribution in [0, 0.1) is 11.8 Å². The van der Waals surface area contributed by atoms with Crippen molar-refractivity contribution in [2.45, 2.75) is 25.9 Å². The number of amides is 1. The number of benzene rings is 1. The lowest BCUT2D eigenvalue weighted by Crippen LogP contribution is -2.33. The van der Waals surface area contributed by atoms with Crippen molar-refractivity contribution < 1.29 is 9.21 Å². The van der Waals surface area contributed by atoms with E-state index in [1.54, 1.807) is 6.26 Å². The lowest BCUT2D eigenvalue weighted by atomic mass is 10.0. The second-order valence-corrected chi connectivity index (χ2v) is 7.97. The fraction of sp³-hybridized carbons (Fsp3) is 0.476. The van der Waals surface area contributed by atoms with Crippen molar-refractivity contribution in [2.24, 2.45) is 11.8 Å². The van der Waals surface area contributed by atoms with Crippen molar-refractivity contribution in [3.05, 3.63) is 53.5 Å². The number of carbonyl (C=O) groups excluding carboxylic acids is 1. The number of nitrogens with zero attached hydrogens (tertiary/aromatic N) is 2. The lowest BCUT2D eigenvalue weighted by molar-refractivity contribution is 0.0748. The summed E-state index contributed by atoms with van der Waals surface area (Å²) in [5.41, 5.74) is 3.66. The molecule has 0 bridgehead atoms. The number of rotatable bonds is 3. The summed E-state index contributed by atoms with van der Waals surface area (Å²) in [7, 11) is 0. The molecular weight excluding hydrogens is 397 g/mol. The highest BCUT2D eigenvalue weighted by molar-refractivity contribution is 5.93. The molecule has 3 aliphatic rings. The topological polar surface area (TPSA) is 48.7 Å². The van der Waals surface area contributed by atoms with E-state index in [4.69, 9.17) is 4.42 Å². The fourth-order valence-corrected chi connectivity index (χ4v) is 4.87. The van der Waals surface area contributed by atoms with Crippen molar-refractivity contribution >= 4 is 36.4 Å². The summed E-state index contributed by atoms with van der Waals surface area (Å²) < 4.78 is 5.66. The molecule has 4 heterocycles. The van der Waals surface area contributed by atoms with Gasteiger partial charge < -0.3 is 19.5 Å². The Hall–Kier alpha value is -1.69. The van der Waals surface area contributed by atoms with Gasteiger partial charge in [-0.15, -0.1) is 24.8 Å². The fourth-order valence-electron chi connectivity index (χ4n) is 4.87. The van der Waals surface area contributed by atoms with E-state index in [1.165, 1.54) is 11.3 Å². The van der Waals surface area contributed by atoms with Crippen LogP contribution in [0.1, 0.15) is 28.6 Å². The Morgan fingerprint density at radius 2 is 1.86 bits per heavy atom. The number of hydrogen-bond donors (Lipinski definition) is 1. The Balaban J connectivity index is 0.00000112. The number of carbonyl (C=O) groups is 1. The molecule has 1 N–H and O–H groups in total. The first-order valence-electron chi connectivity index (χ1n) is 9.61.